The van der Waals surface area contributed by atoms with Gasteiger partial charge in [-0.1, -0.05) is 0 Å². The summed E-state index contributed by atoms with van der Waals surface area (Å²) >= 11 is 0. The van der Waals surface area contributed by atoms with Crippen LogP contribution in [0, 0.1) is 0 Å². The number of esters is 1. The van der Waals surface area contributed by atoms with Crippen LogP contribution < -0.4 is 29.6 Å². The van der Waals surface area contributed by atoms with Gasteiger partial charge < -0.3 is 9.29 Å². The Balaban J connectivity index is 0.00000196. The molecule has 1 fully saturated rings. The molecule has 0 saturated heterocycles. The van der Waals surface area contributed by atoms with Crippen molar-refractivity contribution in [2.45, 2.75) is 44.0 Å². The Hall–Kier alpha value is 0.380. The van der Waals surface area contributed by atoms with Crippen molar-refractivity contribution in [3.05, 3.63) is 0 Å². The van der Waals surface area contributed by atoms with Gasteiger partial charge in [0, 0.05) is 12.2 Å². The summed E-state index contributed by atoms with van der Waals surface area (Å²) in [5.74, 6) is -0.363. The van der Waals surface area contributed by atoms with Gasteiger partial charge in [0.2, 0.25) is 0 Å². The van der Waals surface area contributed by atoms with Crippen molar-refractivity contribution >= 4 is 16.1 Å². The van der Waals surface area contributed by atoms with E-state index in [2.05, 4.69) is 0 Å². The average Bonchev–Trinajstić information content (AvgIpc) is 2.02. The molecule has 0 N–H and O–H groups in total. The second-order valence-electron chi connectivity index (χ2n) is 3.50. The third kappa shape index (κ3) is 5.31. The van der Waals surface area contributed by atoms with E-state index in [4.69, 9.17) is 4.74 Å². The summed E-state index contributed by atoms with van der Waals surface area (Å²) in [6.07, 6.45) is 1.30. The Labute approximate surface area is 112 Å². The van der Waals surface area contributed by atoms with Crippen LogP contribution in [0.25, 0.3) is 0 Å². The molecule has 5 nitrogen and oxygen atoms in total. The predicted molar refractivity (Wildman–Crippen MR) is 47.5 cm³/mol. The smallest absolute Gasteiger partial charge is 0.748 e. The fraction of sp³-hybridized carbons (Fsp3) is 0.875. The van der Waals surface area contributed by atoms with Crippen molar-refractivity contribution in [2.75, 3.05) is 0 Å². The Bertz CT molecular complexity index is 305. The number of ether oxygens (including phenoxy) is 1. The van der Waals surface area contributed by atoms with Crippen molar-refractivity contribution in [1.82, 2.24) is 0 Å². The Kier molecular flexibility index (Phi) is 6.36. The molecule has 0 aliphatic heterocycles. The van der Waals surface area contributed by atoms with Crippen LogP contribution in [-0.4, -0.2) is 30.3 Å². The summed E-state index contributed by atoms with van der Waals surface area (Å²) in [7, 11) is -4.17. The maximum absolute atomic E-state index is 10.7. The van der Waals surface area contributed by atoms with Crippen molar-refractivity contribution in [3.63, 3.8) is 0 Å². The summed E-state index contributed by atoms with van der Waals surface area (Å²) in [6, 6.07) is 0. The molecular formula is C8H13NaO5S. The molecule has 1 rings (SSSR count). The van der Waals surface area contributed by atoms with Gasteiger partial charge in [-0.3, -0.25) is 4.79 Å². The molecule has 1 aliphatic carbocycles. The first kappa shape index (κ1) is 15.4. The fourth-order valence-corrected chi connectivity index (χ4v) is 2.52. The number of carbonyl (C=O) groups is 1. The van der Waals surface area contributed by atoms with Crippen LogP contribution in [0.2, 0.25) is 0 Å². The topological polar surface area (TPSA) is 83.5 Å². The minimum absolute atomic E-state index is 0. The van der Waals surface area contributed by atoms with Gasteiger partial charge in [-0.15, -0.1) is 0 Å². The van der Waals surface area contributed by atoms with Crippen molar-refractivity contribution in [3.8, 4) is 0 Å². The zero-order chi connectivity index (χ0) is 10.8. The Morgan fingerprint density at radius 2 is 1.73 bits per heavy atom. The molecular weight excluding hydrogens is 231 g/mol. The summed E-state index contributed by atoms with van der Waals surface area (Å²) in [5, 5.41) is -0.797. The maximum atomic E-state index is 10.7. The van der Waals surface area contributed by atoms with E-state index < -0.39 is 15.4 Å². The normalized spacial score (nSPS) is 26.5. The third-order valence-corrected chi connectivity index (χ3v) is 3.65. The average molecular weight is 244 g/mol. The first-order chi connectivity index (χ1) is 6.39. The van der Waals surface area contributed by atoms with E-state index in [9.17, 15) is 17.8 Å². The number of carbonyl (C=O) groups excluding carboxylic acids is 1. The molecule has 0 aromatic carbocycles. The van der Waals surface area contributed by atoms with Crippen molar-refractivity contribution in [2.24, 2.45) is 0 Å². The van der Waals surface area contributed by atoms with E-state index in [0.29, 0.717) is 25.7 Å². The monoisotopic (exact) mass is 244 g/mol. The van der Waals surface area contributed by atoms with Crippen LogP contribution in [-0.2, 0) is 19.6 Å². The van der Waals surface area contributed by atoms with Crippen LogP contribution in [0.3, 0.4) is 0 Å². The SMILES string of the molecule is CC(=O)OC1CCC(S(=O)(=O)[O-])CC1.[Na+]. The van der Waals surface area contributed by atoms with E-state index in [0.717, 1.165) is 0 Å². The van der Waals surface area contributed by atoms with Gasteiger partial charge in [0.1, 0.15) is 6.10 Å². The molecule has 0 heterocycles. The number of hydrogen-bond acceptors (Lipinski definition) is 5. The molecule has 0 bridgehead atoms. The zero-order valence-corrected chi connectivity index (χ0v) is 11.7. The van der Waals surface area contributed by atoms with Gasteiger partial charge in [0.25, 0.3) is 0 Å². The summed E-state index contributed by atoms with van der Waals surface area (Å²) in [4.78, 5) is 10.6. The zero-order valence-electron chi connectivity index (χ0n) is 8.93. The summed E-state index contributed by atoms with van der Waals surface area (Å²) in [5.41, 5.74) is 0. The van der Waals surface area contributed by atoms with Gasteiger partial charge in [-0.2, -0.15) is 0 Å². The van der Waals surface area contributed by atoms with E-state index in [1.807, 2.05) is 0 Å². The molecule has 15 heavy (non-hydrogen) atoms. The molecule has 0 radical (unpaired) electrons. The minimum Gasteiger partial charge on any atom is -0.748 e. The molecule has 0 unspecified atom stereocenters. The van der Waals surface area contributed by atoms with Crippen LogP contribution in [0.15, 0.2) is 0 Å². The fourth-order valence-electron chi connectivity index (χ4n) is 1.67. The predicted octanol–water partition coefficient (Wildman–Crippen LogP) is -2.59. The second kappa shape index (κ2) is 6.20. The molecule has 1 aliphatic rings. The van der Waals surface area contributed by atoms with E-state index in [1.54, 1.807) is 0 Å². The Morgan fingerprint density at radius 3 is 2.07 bits per heavy atom. The van der Waals surface area contributed by atoms with Crippen LogP contribution in [0.1, 0.15) is 32.6 Å². The van der Waals surface area contributed by atoms with Crippen molar-refractivity contribution < 1.29 is 52.1 Å². The van der Waals surface area contributed by atoms with E-state index in [1.165, 1.54) is 6.92 Å². The molecule has 0 aromatic rings. The van der Waals surface area contributed by atoms with Gasteiger partial charge >= 0.3 is 35.5 Å². The molecule has 0 atom stereocenters. The first-order valence-electron chi connectivity index (χ1n) is 4.51. The van der Waals surface area contributed by atoms with Crippen molar-refractivity contribution in [1.29, 1.82) is 0 Å². The van der Waals surface area contributed by atoms with E-state index in [-0.39, 0.29) is 41.6 Å². The number of hydrogen-bond donors (Lipinski definition) is 0. The minimum atomic E-state index is -4.17. The van der Waals surface area contributed by atoms with E-state index >= 15 is 0 Å². The first-order valence-corrected chi connectivity index (χ1v) is 5.98. The molecule has 7 heteroatoms. The molecule has 1 saturated carbocycles. The quantitative estimate of drug-likeness (QED) is 0.302. The molecule has 0 amide bonds. The Morgan fingerprint density at radius 1 is 1.27 bits per heavy atom. The number of rotatable bonds is 2. The molecule has 82 valence electrons. The van der Waals surface area contributed by atoms with Gasteiger partial charge in [0.05, 0.1) is 10.1 Å². The third-order valence-electron chi connectivity index (χ3n) is 2.36. The van der Waals surface area contributed by atoms with Gasteiger partial charge in [0.15, 0.2) is 0 Å². The largest absolute Gasteiger partial charge is 1.00 e. The van der Waals surface area contributed by atoms with Gasteiger partial charge in [-0.05, 0) is 25.7 Å². The molecule has 0 aromatic heterocycles. The molecule has 0 spiro atoms. The summed E-state index contributed by atoms with van der Waals surface area (Å²) < 4.78 is 36.9. The van der Waals surface area contributed by atoms with Crippen LogP contribution in [0.5, 0.6) is 0 Å². The van der Waals surface area contributed by atoms with Crippen LogP contribution in [0.4, 0.5) is 0 Å². The van der Waals surface area contributed by atoms with Crippen LogP contribution >= 0.6 is 0 Å². The standard InChI is InChI=1S/C8H14O5S.Na/c1-6(9)13-7-2-4-8(5-3-7)14(10,11)12;/h7-8H,2-5H2,1H3,(H,10,11,12);/q;+1/p-1. The second-order valence-corrected chi connectivity index (χ2v) is 5.15. The maximum Gasteiger partial charge on any atom is 1.00 e. The van der Waals surface area contributed by atoms with Gasteiger partial charge in [-0.25, -0.2) is 8.42 Å². The summed E-state index contributed by atoms with van der Waals surface area (Å²) in [6.45, 7) is 1.32.